The number of morpholine rings is 1. The normalized spacial score (nSPS) is 21.6. The van der Waals surface area contributed by atoms with E-state index >= 15 is 0 Å². The summed E-state index contributed by atoms with van der Waals surface area (Å²) in [7, 11) is 0. The monoisotopic (exact) mass is 283 g/mol. The lowest BCUT2D eigenvalue weighted by molar-refractivity contribution is -0.0124. The first-order chi connectivity index (χ1) is 9.15. The fraction of sp³-hybridized carbons (Fsp3) is 0.462. The molecule has 1 fully saturated rings. The molecule has 3 rings (SSSR count). The molecule has 0 spiro atoms. The van der Waals surface area contributed by atoms with Crippen molar-refractivity contribution in [2.75, 3.05) is 26.5 Å². The van der Waals surface area contributed by atoms with Crippen LogP contribution in [0.1, 0.15) is 17.3 Å². The maximum Gasteiger partial charge on any atom is 0.254 e. The zero-order valence-electron chi connectivity index (χ0n) is 10.5. The first-order valence-corrected chi connectivity index (χ1v) is 6.53. The summed E-state index contributed by atoms with van der Waals surface area (Å²) in [5.41, 5.74) is 0.517. The van der Waals surface area contributed by atoms with Gasteiger partial charge in [-0.2, -0.15) is 0 Å². The summed E-state index contributed by atoms with van der Waals surface area (Å²) in [4.78, 5) is 14.2. The highest BCUT2D eigenvalue weighted by Gasteiger charge is 2.26. The van der Waals surface area contributed by atoms with E-state index in [-0.39, 0.29) is 18.8 Å². The number of hydrogen-bond donors (Lipinski definition) is 0. The lowest BCUT2D eigenvalue weighted by Gasteiger charge is -2.31. The SMILES string of the molecule is C[C@H]1CN(C(=O)c2cc(Cl)c3c(c2)OCO3)CCO1. The third-order valence-electron chi connectivity index (χ3n) is 3.20. The van der Waals surface area contributed by atoms with Gasteiger partial charge in [0.05, 0.1) is 17.7 Å². The number of carbonyl (C=O) groups excluding carboxylic acids is 1. The van der Waals surface area contributed by atoms with Gasteiger partial charge in [-0.25, -0.2) is 0 Å². The highest BCUT2D eigenvalue weighted by Crippen LogP contribution is 2.40. The van der Waals surface area contributed by atoms with Crippen LogP contribution in [0.5, 0.6) is 11.5 Å². The molecule has 0 bridgehead atoms. The number of fused-ring (bicyclic) bond motifs is 1. The summed E-state index contributed by atoms with van der Waals surface area (Å²) in [6.45, 7) is 3.83. The van der Waals surface area contributed by atoms with Gasteiger partial charge in [-0.15, -0.1) is 0 Å². The van der Waals surface area contributed by atoms with Gasteiger partial charge in [-0.1, -0.05) is 11.6 Å². The maximum atomic E-state index is 12.4. The molecule has 0 aromatic heterocycles. The summed E-state index contributed by atoms with van der Waals surface area (Å²) in [6.07, 6.45) is 0.0576. The van der Waals surface area contributed by atoms with Crippen molar-refractivity contribution in [3.05, 3.63) is 22.7 Å². The van der Waals surface area contributed by atoms with Crippen LogP contribution in [-0.4, -0.2) is 43.4 Å². The Bertz CT molecular complexity index is 520. The van der Waals surface area contributed by atoms with Crippen molar-refractivity contribution in [2.24, 2.45) is 0 Å². The predicted octanol–water partition coefficient (Wildman–Crippen LogP) is 1.93. The molecule has 0 radical (unpaired) electrons. The van der Waals surface area contributed by atoms with E-state index in [4.69, 9.17) is 25.8 Å². The van der Waals surface area contributed by atoms with Crippen LogP contribution >= 0.6 is 11.6 Å². The molecule has 2 aliphatic rings. The molecule has 19 heavy (non-hydrogen) atoms. The third-order valence-corrected chi connectivity index (χ3v) is 3.48. The summed E-state index contributed by atoms with van der Waals surface area (Å²) in [5, 5.41) is 0.402. The second-order valence-corrected chi connectivity index (χ2v) is 5.03. The molecule has 2 heterocycles. The molecular weight excluding hydrogens is 270 g/mol. The van der Waals surface area contributed by atoms with E-state index < -0.39 is 0 Å². The molecule has 6 heteroatoms. The van der Waals surface area contributed by atoms with Gasteiger partial charge in [-0.05, 0) is 19.1 Å². The number of nitrogens with zero attached hydrogens (tertiary/aromatic N) is 1. The van der Waals surface area contributed by atoms with Crippen LogP contribution in [0, 0.1) is 0 Å². The van der Waals surface area contributed by atoms with Crippen LogP contribution in [0.2, 0.25) is 5.02 Å². The number of ether oxygens (including phenoxy) is 3. The van der Waals surface area contributed by atoms with Crippen LogP contribution in [0.15, 0.2) is 12.1 Å². The van der Waals surface area contributed by atoms with Crippen molar-refractivity contribution in [2.45, 2.75) is 13.0 Å². The van der Waals surface area contributed by atoms with Crippen molar-refractivity contribution in [1.82, 2.24) is 4.90 Å². The lowest BCUT2D eigenvalue weighted by atomic mass is 10.1. The summed E-state index contributed by atoms with van der Waals surface area (Å²) < 4.78 is 15.9. The largest absolute Gasteiger partial charge is 0.454 e. The van der Waals surface area contributed by atoms with E-state index in [1.54, 1.807) is 17.0 Å². The Morgan fingerprint density at radius 3 is 3.05 bits per heavy atom. The van der Waals surface area contributed by atoms with Gasteiger partial charge in [0.15, 0.2) is 11.5 Å². The van der Waals surface area contributed by atoms with E-state index in [2.05, 4.69) is 0 Å². The third kappa shape index (κ3) is 2.35. The molecule has 1 saturated heterocycles. The van der Waals surface area contributed by atoms with E-state index in [0.29, 0.717) is 41.8 Å². The molecule has 0 N–H and O–H groups in total. The Morgan fingerprint density at radius 2 is 2.26 bits per heavy atom. The Kier molecular flexibility index (Phi) is 3.24. The smallest absolute Gasteiger partial charge is 0.254 e. The highest BCUT2D eigenvalue weighted by atomic mass is 35.5. The molecule has 102 valence electrons. The van der Waals surface area contributed by atoms with Gasteiger partial charge in [0.1, 0.15) is 0 Å². The van der Waals surface area contributed by atoms with Crippen LogP contribution in [0.3, 0.4) is 0 Å². The maximum absolute atomic E-state index is 12.4. The van der Waals surface area contributed by atoms with Gasteiger partial charge in [0, 0.05) is 18.7 Å². The fourth-order valence-electron chi connectivity index (χ4n) is 2.28. The van der Waals surface area contributed by atoms with Gasteiger partial charge in [-0.3, -0.25) is 4.79 Å². The van der Waals surface area contributed by atoms with Gasteiger partial charge in [0.25, 0.3) is 5.91 Å². The van der Waals surface area contributed by atoms with Crippen LogP contribution in [0.4, 0.5) is 0 Å². The molecule has 1 aromatic rings. The zero-order valence-corrected chi connectivity index (χ0v) is 11.3. The molecule has 2 aliphatic heterocycles. The number of hydrogen-bond acceptors (Lipinski definition) is 4. The first kappa shape index (κ1) is 12.6. The van der Waals surface area contributed by atoms with Crippen molar-refractivity contribution < 1.29 is 19.0 Å². The molecular formula is C13H14ClNO4. The second-order valence-electron chi connectivity index (χ2n) is 4.62. The number of rotatable bonds is 1. The Morgan fingerprint density at radius 1 is 1.42 bits per heavy atom. The number of carbonyl (C=O) groups is 1. The van der Waals surface area contributed by atoms with Crippen molar-refractivity contribution >= 4 is 17.5 Å². The average Bonchev–Trinajstić information content (AvgIpc) is 2.86. The van der Waals surface area contributed by atoms with E-state index in [1.807, 2.05) is 6.92 Å². The molecule has 0 aliphatic carbocycles. The molecule has 1 aromatic carbocycles. The highest BCUT2D eigenvalue weighted by molar-refractivity contribution is 6.32. The minimum Gasteiger partial charge on any atom is -0.454 e. The quantitative estimate of drug-likeness (QED) is 0.790. The molecule has 0 saturated carbocycles. The molecule has 1 amide bonds. The van der Waals surface area contributed by atoms with E-state index in [9.17, 15) is 4.79 Å². The predicted molar refractivity (Wildman–Crippen MR) is 68.9 cm³/mol. The summed E-state index contributed by atoms with van der Waals surface area (Å²) in [6, 6.07) is 3.30. The topological polar surface area (TPSA) is 48.0 Å². The molecule has 1 atom stereocenters. The van der Waals surface area contributed by atoms with Gasteiger partial charge in [0.2, 0.25) is 6.79 Å². The number of amides is 1. The summed E-state index contributed by atoms with van der Waals surface area (Å²) in [5.74, 6) is 0.973. The zero-order chi connectivity index (χ0) is 13.4. The minimum atomic E-state index is -0.0599. The van der Waals surface area contributed by atoms with Crippen LogP contribution < -0.4 is 9.47 Å². The minimum absolute atomic E-state index is 0.0576. The van der Waals surface area contributed by atoms with Gasteiger partial charge < -0.3 is 19.1 Å². The Hall–Kier alpha value is -1.46. The Balaban J connectivity index is 1.86. The average molecular weight is 284 g/mol. The lowest BCUT2D eigenvalue weighted by Crippen LogP contribution is -2.44. The molecule has 0 unspecified atom stereocenters. The number of halogens is 1. The first-order valence-electron chi connectivity index (χ1n) is 6.15. The van der Waals surface area contributed by atoms with E-state index in [0.717, 1.165) is 0 Å². The number of benzene rings is 1. The van der Waals surface area contributed by atoms with Crippen molar-refractivity contribution in [3.8, 4) is 11.5 Å². The fourth-order valence-corrected chi connectivity index (χ4v) is 2.54. The van der Waals surface area contributed by atoms with Gasteiger partial charge >= 0.3 is 0 Å². The van der Waals surface area contributed by atoms with Crippen LogP contribution in [0.25, 0.3) is 0 Å². The Labute approximate surface area is 116 Å². The second kappa shape index (κ2) is 4.90. The van der Waals surface area contributed by atoms with Crippen molar-refractivity contribution in [3.63, 3.8) is 0 Å². The van der Waals surface area contributed by atoms with Crippen LogP contribution in [-0.2, 0) is 4.74 Å². The standard InChI is InChI=1S/C13H14ClNO4/c1-8-6-15(2-3-17-8)13(16)9-4-10(14)12-11(5-9)18-7-19-12/h4-5,8H,2-3,6-7H2,1H3/t8-/m0/s1. The summed E-state index contributed by atoms with van der Waals surface area (Å²) >= 11 is 6.09. The molecule has 5 nitrogen and oxygen atoms in total. The van der Waals surface area contributed by atoms with Crippen molar-refractivity contribution in [1.29, 1.82) is 0 Å². The van der Waals surface area contributed by atoms with E-state index in [1.165, 1.54) is 0 Å².